The molecule has 6 heteroatoms. The number of anilines is 2. The predicted octanol–water partition coefficient (Wildman–Crippen LogP) is 3.37. The largest absolute Gasteiger partial charge is 0.357 e. The summed E-state index contributed by atoms with van der Waals surface area (Å²) in [5.74, 6) is 3.00. The smallest absolute Gasteiger partial charge is 0.225 e. The Morgan fingerprint density at radius 2 is 2.30 bits per heavy atom. The SMILES string of the molecule is CCC1CN(c2nc(NC)nc3sc(C)cc23)CCS1. The van der Waals surface area contributed by atoms with E-state index in [1.54, 1.807) is 11.3 Å². The lowest BCUT2D eigenvalue weighted by Crippen LogP contribution is -2.38. The van der Waals surface area contributed by atoms with Gasteiger partial charge in [0.25, 0.3) is 0 Å². The average Bonchev–Trinajstić information content (AvgIpc) is 2.86. The topological polar surface area (TPSA) is 41.1 Å². The first-order valence-electron chi connectivity index (χ1n) is 7.03. The zero-order valence-corrected chi connectivity index (χ0v) is 13.8. The van der Waals surface area contributed by atoms with Crippen LogP contribution in [0.4, 0.5) is 11.8 Å². The summed E-state index contributed by atoms with van der Waals surface area (Å²) in [5.41, 5.74) is 0. The number of nitrogens with zero attached hydrogens (tertiary/aromatic N) is 3. The van der Waals surface area contributed by atoms with Crippen molar-refractivity contribution in [3.8, 4) is 0 Å². The molecule has 0 aromatic carbocycles. The van der Waals surface area contributed by atoms with Gasteiger partial charge in [-0.2, -0.15) is 16.7 Å². The van der Waals surface area contributed by atoms with Crippen molar-refractivity contribution in [3.63, 3.8) is 0 Å². The molecule has 0 amide bonds. The van der Waals surface area contributed by atoms with Gasteiger partial charge >= 0.3 is 0 Å². The van der Waals surface area contributed by atoms with Gasteiger partial charge in [-0.1, -0.05) is 6.92 Å². The molecule has 0 spiro atoms. The first-order valence-corrected chi connectivity index (χ1v) is 8.90. The minimum absolute atomic E-state index is 0.714. The van der Waals surface area contributed by atoms with Gasteiger partial charge in [0.1, 0.15) is 10.6 Å². The Morgan fingerprint density at radius 1 is 1.45 bits per heavy atom. The van der Waals surface area contributed by atoms with Crippen molar-refractivity contribution in [2.24, 2.45) is 0 Å². The number of fused-ring (bicyclic) bond motifs is 1. The summed E-state index contributed by atoms with van der Waals surface area (Å²) < 4.78 is 0. The molecule has 3 heterocycles. The van der Waals surface area contributed by atoms with E-state index in [4.69, 9.17) is 4.98 Å². The third-order valence-corrected chi connectivity index (χ3v) is 5.93. The van der Waals surface area contributed by atoms with Crippen molar-refractivity contribution in [1.82, 2.24) is 9.97 Å². The lowest BCUT2D eigenvalue weighted by molar-refractivity contribution is 0.722. The van der Waals surface area contributed by atoms with E-state index in [0.29, 0.717) is 5.25 Å². The molecule has 2 aromatic heterocycles. The Bertz CT molecular complexity index is 610. The van der Waals surface area contributed by atoms with E-state index < -0.39 is 0 Å². The molecule has 0 aliphatic carbocycles. The van der Waals surface area contributed by atoms with Gasteiger partial charge in [-0.15, -0.1) is 11.3 Å². The first kappa shape index (κ1) is 13.9. The maximum Gasteiger partial charge on any atom is 0.225 e. The minimum atomic E-state index is 0.714. The van der Waals surface area contributed by atoms with Crippen LogP contribution < -0.4 is 10.2 Å². The summed E-state index contributed by atoms with van der Waals surface area (Å²) in [5, 5.41) is 5.00. The molecule has 2 aromatic rings. The summed E-state index contributed by atoms with van der Waals surface area (Å²) in [6, 6.07) is 2.22. The van der Waals surface area contributed by atoms with Crippen LogP contribution in [0, 0.1) is 6.92 Å². The Balaban J connectivity index is 2.04. The van der Waals surface area contributed by atoms with Crippen molar-refractivity contribution in [2.75, 3.05) is 36.1 Å². The second-order valence-corrected chi connectivity index (χ2v) is 7.69. The molecule has 1 fully saturated rings. The normalized spacial score (nSPS) is 19.6. The third-order valence-electron chi connectivity index (χ3n) is 3.61. The van der Waals surface area contributed by atoms with Crippen LogP contribution in [0.25, 0.3) is 10.2 Å². The van der Waals surface area contributed by atoms with Gasteiger partial charge in [0.15, 0.2) is 0 Å². The zero-order valence-electron chi connectivity index (χ0n) is 12.1. The number of aryl methyl sites for hydroxylation is 1. The van der Waals surface area contributed by atoms with Gasteiger partial charge < -0.3 is 10.2 Å². The number of rotatable bonds is 3. The molecule has 1 aliphatic rings. The highest BCUT2D eigenvalue weighted by atomic mass is 32.2. The molecule has 1 saturated heterocycles. The van der Waals surface area contributed by atoms with Crippen molar-refractivity contribution >= 4 is 45.1 Å². The lowest BCUT2D eigenvalue weighted by Gasteiger charge is -2.33. The molecule has 1 atom stereocenters. The first-order chi connectivity index (χ1) is 9.71. The van der Waals surface area contributed by atoms with E-state index in [1.807, 2.05) is 7.05 Å². The van der Waals surface area contributed by atoms with Gasteiger partial charge in [0.2, 0.25) is 5.95 Å². The van der Waals surface area contributed by atoms with E-state index in [1.165, 1.54) is 22.4 Å². The molecule has 0 bridgehead atoms. The summed E-state index contributed by atoms with van der Waals surface area (Å²) >= 11 is 3.83. The molecule has 20 heavy (non-hydrogen) atoms. The van der Waals surface area contributed by atoms with Gasteiger partial charge in [0, 0.05) is 36.0 Å². The molecule has 1 aliphatic heterocycles. The summed E-state index contributed by atoms with van der Waals surface area (Å²) in [7, 11) is 1.88. The highest BCUT2D eigenvalue weighted by molar-refractivity contribution is 8.00. The number of hydrogen-bond donors (Lipinski definition) is 1. The number of thiophene rings is 1. The highest BCUT2D eigenvalue weighted by Gasteiger charge is 2.23. The number of nitrogens with one attached hydrogen (secondary N) is 1. The molecule has 0 saturated carbocycles. The van der Waals surface area contributed by atoms with Gasteiger partial charge in [0.05, 0.1) is 5.39 Å². The van der Waals surface area contributed by atoms with Crippen LogP contribution in [0.2, 0.25) is 0 Å². The molecular weight excluding hydrogens is 288 g/mol. The van der Waals surface area contributed by atoms with Gasteiger partial charge in [-0.05, 0) is 19.4 Å². The van der Waals surface area contributed by atoms with E-state index in [9.17, 15) is 0 Å². The van der Waals surface area contributed by atoms with Crippen LogP contribution in [0.15, 0.2) is 6.07 Å². The third kappa shape index (κ3) is 2.59. The highest BCUT2D eigenvalue weighted by Crippen LogP contribution is 2.34. The molecule has 1 unspecified atom stereocenters. The average molecular weight is 308 g/mol. The second-order valence-electron chi connectivity index (χ2n) is 5.04. The van der Waals surface area contributed by atoms with E-state index in [-0.39, 0.29) is 0 Å². The number of thioether (sulfide) groups is 1. The maximum absolute atomic E-state index is 4.73. The summed E-state index contributed by atoms with van der Waals surface area (Å²) in [4.78, 5) is 14.1. The molecule has 1 N–H and O–H groups in total. The van der Waals surface area contributed by atoms with Gasteiger partial charge in [-0.25, -0.2) is 4.98 Å². The zero-order chi connectivity index (χ0) is 14.1. The quantitative estimate of drug-likeness (QED) is 0.941. The fraction of sp³-hybridized carbons (Fsp3) is 0.571. The predicted molar refractivity (Wildman–Crippen MR) is 90.4 cm³/mol. The van der Waals surface area contributed by atoms with E-state index in [0.717, 1.165) is 29.7 Å². The van der Waals surface area contributed by atoms with E-state index in [2.05, 4.69) is 46.9 Å². The molecule has 4 nitrogen and oxygen atoms in total. The molecule has 108 valence electrons. The fourth-order valence-electron chi connectivity index (χ4n) is 2.54. The maximum atomic E-state index is 4.73. The second kappa shape index (κ2) is 5.77. The number of aromatic nitrogens is 2. The van der Waals surface area contributed by atoms with Gasteiger partial charge in [-0.3, -0.25) is 0 Å². The Kier molecular flexibility index (Phi) is 4.03. The fourth-order valence-corrected chi connectivity index (χ4v) is 4.59. The molecule has 0 radical (unpaired) electrons. The number of hydrogen-bond acceptors (Lipinski definition) is 6. The van der Waals surface area contributed by atoms with Crippen LogP contribution in [0.5, 0.6) is 0 Å². The van der Waals surface area contributed by atoms with E-state index >= 15 is 0 Å². The van der Waals surface area contributed by atoms with Crippen molar-refractivity contribution in [2.45, 2.75) is 25.5 Å². The molecular formula is C14H20N4S2. The van der Waals surface area contributed by atoms with Crippen molar-refractivity contribution in [3.05, 3.63) is 10.9 Å². The Labute approximate surface area is 128 Å². The van der Waals surface area contributed by atoms with Crippen molar-refractivity contribution in [1.29, 1.82) is 0 Å². The standard InChI is InChI=1S/C14H20N4S2/c1-4-10-8-18(5-6-19-10)12-11-7-9(2)20-13(11)17-14(15-3)16-12/h7,10H,4-6,8H2,1-3H3,(H,15,16,17). The summed E-state index contributed by atoms with van der Waals surface area (Å²) in [6.07, 6.45) is 1.22. The Morgan fingerprint density at radius 3 is 3.05 bits per heavy atom. The van der Waals surface area contributed by atoms with Crippen LogP contribution in [0.1, 0.15) is 18.2 Å². The summed E-state index contributed by atoms with van der Waals surface area (Å²) in [6.45, 7) is 6.57. The molecule has 3 rings (SSSR count). The van der Waals surface area contributed by atoms with Crippen LogP contribution in [0.3, 0.4) is 0 Å². The van der Waals surface area contributed by atoms with Crippen LogP contribution in [-0.4, -0.2) is 41.1 Å². The lowest BCUT2D eigenvalue weighted by atomic mass is 10.2. The Hall–Kier alpha value is -1.01. The van der Waals surface area contributed by atoms with Crippen molar-refractivity contribution < 1.29 is 0 Å². The van der Waals surface area contributed by atoms with Crippen LogP contribution in [-0.2, 0) is 0 Å². The van der Waals surface area contributed by atoms with Crippen LogP contribution >= 0.6 is 23.1 Å². The minimum Gasteiger partial charge on any atom is -0.357 e. The monoisotopic (exact) mass is 308 g/mol.